The van der Waals surface area contributed by atoms with E-state index >= 15 is 0 Å². The molecule has 1 amide bonds. The van der Waals surface area contributed by atoms with Crippen molar-refractivity contribution in [2.75, 3.05) is 5.32 Å². The van der Waals surface area contributed by atoms with Gasteiger partial charge in [-0.15, -0.1) is 0 Å². The van der Waals surface area contributed by atoms with Crippen molar-refractivity contribution in [1.82, 2.24) is 9.78 Å². The van der Waals surface area contributed by atoms with Crippen LogP contribution in [0.3, 0.4) is 0 Å². The fraction of sp³-hybridized carbons (Fsp3) is 0.273. The van der Waals surface area contributed by atoms with Gasteiger partial charge in [0.25, 0.3) is 0 Å². The fourth-order valence-electron chi connectivity index (χ4n) is 3.40. The van der Waals surface area contributed by atoms with Gasteiger partial charge in [0.1, 0.15) is 0 Å². The minimum absolute atomic E-state index is 0.00953. The van der Waals surface area contributed by atoms with E-state index in [4.69, 9.17) is 0 Å². The molecule has 134 valence electrons. The normalized spacial score (nSPS) is 12.0. The number of carbonyl (C=O) groups is 1. The van der Waals surface area contributed by atoms with Crippen molar-refractivity contribution in [2.45, 2.75) is 33.1 Å². The maximum absolute atomic E-state index is 12.9. The van der Waals surface area contributed by atoms with Crippen LogP contribution in [-0.4, -0.2) is 15.7 Å². The van der Waals surface area contributed by atoms with E-state index in [1.807, 2.05) is 68.9 Å². The summed E-state index contributed by atoms with van der Waals surface area (Å²) >= 11 is 0. The molecule has 0 saturated carbocycles. The van der Waals surface area contributed by atoms with Gasteiger partial charge in [0, 0.05) is 24.0 Å². The Morgan fingerprint density at radius 3 is 2.38 bits per heavy atom. The van der Waals surface area contributed by atoms with Gasteiger partial charge < -0.3 is 5.32 Å². The Balaban J connectivity index is 1.81. The van der Waals surface area contributed by atoms with Crippen molar-refractivity contribution in [1.29, 1.82) is 0 Å². The standard InChI is InChI=1S/C22H25N3O/c1-15(21-16(2)24-25(4)17(21)3)22(26)23-20-13-9-8-12-19(20)14-18-10-6-5-7-11-18/h5-13,15H,14H2,1-4H3,(H,23,26). The molecule has 0 aliphatic heterocycles. The number of benzene rings is 2. The first-order valence-electron chi connectivity index (χ1n) is 8.90. The second-order valence-electron chi connectivity index (χ2n) is 6.74. The van der Waals surface area contributed by atoms with E-state index in [9.17, 15) is 4.79 Å². The highest BCUT2D eigenvalue weighted by Crippen LogP contribution is 2.26. The first kappa shape index (κ1) is 17.9. The van der Waals surface area contributed by atoms with Crippen LogP contribution in [0.25, 0.3) is 0 Å². The third kappa shape index (κ3) is 3.69. The zero-order valence-corrected chi connectivity index (χ0v) is 15.8. The van der Waals surface area contributed by atoms with E-state index < -0.39 is 0 Å². The van der Waals surface area contributed by atoms with Gasteiger partial charge >= 0.3 is 0 Å². The van der Waals surface area contributed by atoms with Crippen LogP contribution < -0.4 is 5.32 Å². The Labute approximate surface area is 154 Å². The summed E-state index contributed by atoms with van der Waals surface area (Å²) < 4.78 is 1.83. The summed E-state index contributed by atoms with van der Waals surface area (Å²) in [5.41, 5.74) is 6.14. The molecule has 3 aromatic rings. The van der Waals surface area contributed by atoms with E-state index in [0.717, 1.165) is 34.6 Å². The monoisotopic (exact) mass is 347 g/mol. The van der Waals surface area contributed by atoms with Crippen LogP contribution >= 0.6 is 0 Å². The zero-order valence-electron chi connectivity index (χ0n) is 15.8. The lowest BCUT2D eigenvalue weighted by Crippen LogP contribution is -2.20. The van der Waals surface area contributed by atoms with Gasteiger partial charge in [0.15, 0.2) is 0 Å². The highest BCUT2D eigenvalue weighted by Gasteiger charge is 2.23. The van der Waals surface area contributed by atoms with Crippen LogP contribution in [0.4, 0.5) is 5.69 Å². The molecule has 4 heteroatoms. The van der Waals surface area contributed by atoms with E-state index in [2.05, 4.69) is 28.6 Å². The van der Waals surface area contributed by atoms with E-state index in [-0.39, 0.29) is 11.8 Å². The van der Waals surface area contributed by atoms with E-state index in [1.165, 1.54) is 5.56 Å². The predicted molar refractivity (Wildman–Crippen MR) is 105 cm³/mol. The van der Waals surface area contributed by atoms with Gasteiger partial charge in [0.05, 0.1) is 11.6 Å². The van der Waals surface area contributed by atoms with Crippen molar-refractivity contribution in [2.24, 2.45) is 7.05 Å². The molecule has 26 heavy (non-hydrogen) atoms. The van der Waals surface area contributed by atoms with Gasteiger partial charge in [-0.1, -0.05) is 48.5 Å². The third-order valence-electron chi connectivity index (χ3n) is 4.90. The fourth-order valence-corrected chi connectivity index (χ4v) is 3.40. The van der Waals surface area contributed by atoms with Crippen LogP contribution in [0.1, 0.15) is 40.9 Å². The Hall–Kier alpha value is -2.88. The van der Waals surface area contributed by atoms with E-state index in [1.54, 1.807) is 0 Å². The summed E-state index contributed by atoms with van der Waals surface area (Å²) in [4.78, 5) is 12.9. The van der Waals surface area contributed by atoms with Gasteiger partial charge in [0.2, 0.25) is 5.91 Å². The molecule has 3 rings (SSSR count). The number of aromatic nitrogens is 2. The molecule has 0 bridgehead atoms. The molecule has 1 N–H and O–H groups in total. The molecule has 0 spiro atoms. The molecule has 4 nitrogen and oxygen atoms in total. The molecule has 0 aliphatic rings. The molecular weight excluding hydrogens is 322 g/mol. The quantitative estimate of drug-likeness (QED) is 0.745. The van der Waals surface area contributed by atoms with Crippen LogP contribution in [0.15, 0.2) is 54.6 Å². The second kappa shape index (κ2) is 7.56. The first-order chi connectivity index (χ1) is 12.5. The summed E-state index contributed by atoms with van der Waals surface area (Å²) in [6.07, 6.45) is 0.788. The van der Waals surface area contributed by atoms with Crippen molar-refractivity contribution in [3.8, 4) is 0 Å². The van der Waals surface area contributed by atoms with Gasteiger partial charge in [-0.05, 0) is 44.4 Å². The zero-order chi connectivity index (χ0) is 18.7. The maximum atomic E-state index is 12.9. The number of nitrogens with zero attached hydrogens (tertiary/aromatic N) is 2. The number of amides is 1. The summed E-state index contributed by atoms with van der Waals surface area (Å²) in [7, 11) is 1.91. The van der Waals surface area contributed by atoms with Gasteiger partial charge in [-0.3, -0.25) is 9.48 Å². The van der Waals surface area contributed by atoms with Crippen molar-refractivity contribution in [3.05, 3.63) is 82.7 Å². The van der Waals surface area contributed by atoms with Gasteiger partial charge in [-0.25, -0.2) is 0 Å². The van der Waals surface area contributed by atoms with Crippen LogP contribution in [0, 0.1) is 13.8 Å². The molecule has 1 heterocycles. The lowest BCUT2D eigenvalue weighted by molar-refractivity contribution is -0.117. The van der Waals surface area contributed by atoms with E-state index in [0.29, 0.717) is 0 Å². The summed E-state index contributed by atoms with van der Waals surface area (Å²) in [5.74, 6) is -0.266. The SMILES string of the molecule is Cc1nn(C)c(C)c1C(C)C(=O)Nc1ccccc1Cc1ccccc1. The predicted octanol–water partition coefficient (Wildman–Crippen LogP) is 4.37. The first-order valence-corrected chi connectivity index (χ1v) is 8.90. The summed E-state index contributed by atoms with van der Waals surface area (Å²) in [5, 5.41) is 7.55. The molecule has 1 aromatic heterocycles. The highest BCUT2D eigenvalue weighted by atomic mass is 16.1. The maximum Gasteiger partial charge on any atom is 0.231 e. The Bertz CT molecular complexity index is 912. The average Bonchev–Trinajstić information content (AvgIpc) is 2.89. The average molecular weight is 347 g/mol. The number of hydrogen-bond acceptors (Lipinski definition) is 2. The molecular formula is C22H25N3O. The number of carbonyl (C=O) groups excluding carboxylic acids is 1. The molecule has 0 saturated heterocycles. The summed E-state index contributed by atoms with van der Waals surface area (Å²) in [6, 6.07) is 18.3. The highest BCUT2D eigenvalue weighted by molar-refractivity contribution is 5.96. The molecule has 1 atom stereocenters. The summed E-state index contributed by atoms with van der Waals surface area (Å²) in [6.45, 7) is 5.89. The lowest BCUT2D eigenvalue weighted by atomic mass is 9.97. The molecule has 0 aliphatic carbocycles. The Kier molecular flexibility index (Phi) is 5.21. The third-order valence-corrected chi connectivity index (χ3v) is 4.90. The number of aryl methyl sites for hydroxylation is 2. The topological polar surface area (TPSA) is 46.9 Å². The molecule has 0 fully saturated rings. The molecule has 0 radical (unpaired) electrons. The van der Waals surface area contributed by atoms with Crippen LogP contribution in [0.5, 0.6) is 0 Å². The molecule has 2 aromatic carbocycles. The van der Waals surface area contributed by atoms with Crippen molar-refractivity contribution in [3.63, 3.8) is 0 Å². The number of rotatable bonds is 5. The van der Waals surface area contributed by atoms with Gasteiger partial charge in [-0.2, -0.15) is 5.10 Å². The lowest BCUT2D eigenvalue weighted by Gasteiger charge is -2.16. The molecule has 1 unspecified atom stereocenters. The largest absolute Gasteiger partial charge is 0.325 e. The minimum atomic E-state index is -0.256. The van der Waals surface area contributed by atoms with Crippen LogP contribution in [-0.2, 0) is 18.3 Å². The van der Waals surface area contributed by atoms with Crippen molar-refractivity contribution >= 4 is 11.6 Å². The Morgan fingerprint density at radius 2 is 1.73 bits per heavy atom. The second-order valence-corrected chi connectivity index (χ2v) is 6.74. The van der Waals surface area contributed by atoms with Crippen molar-refractivity contribution < 1.29 is 4.79 Å². The number of para-hydroxylation sites is 1. The smallest absolute Gasteiger partial charge is 0.231 e. The number of hydrogen-bond donors (Lipinski definition) is 1. The Morgan fingerprint density at radius 1 is 1.08 bits per heavy atom. The van der Waals surface area contributed by atoms with Crippen LogP contribution in [0.2, 0.25) is 0 Å². The number of anilines is 1. The number of nitrogens with one attached hydrogen (secondary N) is 1. The minimum Gasteiger partial charge on any atom is -0.325 e.